The first-order chi connectivity index (χ1) is 15.7. The average Bonchev–Trinajstić information content (AvgIpc) is 3.11. The first-order valence-corrected chi connectivity index (χ1v) is 11.0. The van der Waals surface area contributed by atoms with Crippen molar-refractivity contribution in [2.45, 2.75) is 37.5 Å². The molecule has 0 aliphatic carbocycles. The van der Waals surface area contributed by atoms with Crippen molar-refractivity contribution in [2.24, 2.45) is 0 Å². The number of amides is 1. The highest BCUT2D eigenvalue weighted by atomic mass is 16.6. The Hall–Kier alpha value is -3.45. The van der Waals surface area contributed by atoms with E-state index in [1.807, 2.05) is 48.5 Å². The van der Waals surface area contributed by atoms with Crippen LogP contribution in [0.15, 0.2) is 72.9 Å². The molecule has 2 aliphatic heterocycles. The van der Waals surface area contributed by atoms with Gasteiger partial charge in [-0.1, -0.05) is 60.7 Å². The maximum atomic E-state index is 13.2. The number of anilines is 2. The molecule has 7 nitrogen and oxygen atoms in total. The minimum Gasteiger partial charge on any atom is -0.440 e. The molecule has 164 valence electrons. The summed E-state index contributed by atoms with van der Waals surface area (Å²) in [5, 5.41) is 3.34. The summed E-state index contributed by atoms with van der Waals surface area (Å²) in [5.74, 6) is 0.983. The van der Waals surface area contributed by atoms with Gasteiger partial charge >= 0.3 is 6.09 Å². The number of benzene rings is 2. The molecule has 2 aliphatic rings. The van der Waals surface area contributed by atoms with Crippen molar-refractivity contribution >= 4 is 17.9 Å². The largest absolute Gasteiger partial charge is 0.440 e. The summed E-state index contributed by atoms with van der Waals surface area (Å²) < 4.78 is 11.6. The fourth-order valence-corrected chi connectivity index (χ4v) is 4.60. The Bertz CT molecular complexity index is 1070. The molecular weight excluding hydrogens is 404 g/mol. The zero-order valence-corrected chi connectivity index (χ0v) is 18.0. The Morgan fingerprint density at radius 3 is 2.44 bits per heavy atom. The number of hydrogen-bond acceptors (Lipinski definition) is 6. The van der Waals surface area contributed by atoms with Crippen LogP contribution in [0.3, 0.4) is 0 Å². The second kappa shape index (κ2) is 8.59. The molecule has 3 heterocycles. The standard InChI is InChI=1S/C25H26N4O3/c1-18(19-8-4-2-5-9-19)27-23-26-15-12-21(28-23)29-22(20-10-6-3-7-11-20)25(32-24(29)30)13-16-31-17-14-25/h2-12,15,18,22H,13-14,16-17H2,1H3,(H,26,27,28)/t18-,22+/m0/s1. The minimum absolute atomic E-state index is 0.0173. The van der Waals surface area contributed by atoms with Crippen LogP contribution in [0.25, 0.3) is 0 Å². The molecule has 0 saturated carbocycles. The monoisotopic (exact) mass is 430 g/mol. The van der Waals surface area contributed by atoms with Crippen LogP contribution in [0.5, 0.6) is 0 Å². The Morgan fingerprint density at radius 1 is 1.03 bits per heavy atom. The van der Waals surface area contributed by atoms with Crippen LogP contribution >= 0.6 is 0 Å². The third-order valence-electron chi connectivity index (χ3n) is 6.23. The van der Waals surface area contributed by atoms with E-state index in [9.17, 15) is 4.79 Å². The van der Waals surface area contributed by atoms with Crippen molar-refractivity contribution in [3.63, 3.8) is 0 Å². The number of nitrogens with one attached hydrogen (secondary N) is 1. The lowest BCUT2D eigenvalue weighted by Crippen LogP contribution is -2.43. The van der Waals surface area contributed by atoms with Gasteiger partial charge in [-0.05, 0) is 24.1 Å². The Balaban J connectivity index is 1.48. The normalized spacial score (nSPS) is 20.7. The van der Waals surface area contributed by atoms with Gasteiger partial charge in [0.25, 0.3) is 0 Å². The molecule has 1 spiro atoms. The molecule has 1 N–H and O–H groups in total. The van der Waals surface area contributed by atoms with Crippen molar-refractivity contribution in [2.75, 3.05) is 23.4 Å². The summed E-state index contributed by atoms with van der Waals surface area (Å²) in [5.41, 5.74) is 1.52. The van der Waals surface area contributed by atoms with Crippen LogP contribution in [-0.2, 0) is 9.47 Å². The lowest BCUT2D eigenvalue weighted by Gasteiger charge is -2.37. The number of nitrogens with zero attached hydrogens (tertiary/aromatic N) is 3. The summed E-state index contributed by atoms with van der Waals surface area (Å²) in [6, 6.07) is 21.6. The van der Waals surface area contributed by atoms with Crippen LogP contribution in [0, 0.1) is 0 Å². The maximum absolute atomic E-state index is 13.2. The molecule has 0 bridgehead atoms. The fourth-order valence-electron chi connectivity index (χ4n) is 4.60. The molecular formula is C25H26N4O3. The van der Waals surface area contributed by atoms with Crippen LogP contribution in [0.4, 0.5) is 16.6 Å². The van der Waals surface area contributed by atoms with E-state index in [4.69, 9.17) is 14.5 Å². The second-order valence-electron chi connectivity index (χ2n) is 8.24. The molecule has 0 unspecified atom stereocenters. The molecule has 2 fully saturated rings. The predicted molar refractivity (Wildman–Crippen MR) is 121 cm³/mol. The van der Waals surface area contributed by atoms with Crippen molar-refractivity contribution in [1.82, 2.24) is 9.97 Å². The van der Waals surface area contributed by atoms with Crippen LogP contribution in [-0.4, -0.2) is 34.9 Å². The molecule has 32 heavy (non-hydrogen) atoms. The maximum Gasteiger partial charge on any atom is 0.416 e. The summed E-state index contributed by atoms with van der Waals surface area (Å²) >= 11 is 0. The molecule has 5 rings (SSSR count). The van der Waals surface area contributed by atoms with Crippen molar-refractivity contribution in [3.8, 4) is 0 Å². The molecule has 7 heteroatoms. The van der Waals surface area contributed by atoms with E-state index in [1.54, 1.807) is 17.2 Å². The SMILES string of the molecule is C[C@H](Nc1nccc(N2C(=O)OC3(CCOCC3)[C@H]2c2ccccc2)n1)c1ccccc1. The quantitative estimate of drug-likeness (QED) is 0.621. The van der Waals surface area contributed by atoms with Crippen LogP contribution in [0.1, 0.15) is 43.0 Å². The number of carbonyl (C=O) groups is 1. The molecule has 2 saturated heterocycles. The predicted octanol–water partition coefficient (Wildman–Crippen LogP) is 4.90. The molecule has 2 aromatic carbocycles. The van der Waals surface area contributed by atoms with Gasteiger partial charge < -0.3 is 14.8 Å². The number of ether oxygens (including phenoxy) is 2. The smallest absolute Gasteiger partial charge is 0.416 e. The van der Waals surface area contributed by atoms with Gasteiger partial charge in [-0.2, -0.15) is 4.98 Å². The van der Waals surface area contributed by atoms with E-state index >= 15 is 0 Å². The highest BCUT2D eigenvalue weighted by Gasteiger charge is 2.56. The van der Waals surface area contributed by atoms with E-state index in [0.29, 0.717) is 37.8 Å². The van der Waals surface area contributed by atoms with Crippen molar-refractivity contribution in [1.29, 1.82) is 0 Å². The average molecular weight is 431 g/mol. The van der Waals surface area contributed by atoms with Gasteiger partial charge in [0.05, 0.1) is 19.3 Å². The third-order valence-corrected chi connectivity index (χ3v) is 6.23. The van der Waals surface area contributed by atoms with E-state index in [-0.39, 0.29) is 18.2 Å². The number of rotatable bonds is 5. The van der Waals surface area contributed by atoms with Gasteiger partial charge in [0.15, 0.2) is 0 Å². The van der Waals surface area contributed by atoms with E-state index in [2.05, 4.69) is 29.4 Å². The highest BCUT2D eigenvalue weighted by molar-refractivity contribution is 5.90. The Kier molecular flexibility index (Phi) is 5.49. The highest BCUT2D eigenvalue weighted by Crippen LogP contribution is 2.48. The Morgan fingerprint density at radius 2 is 1.72 bits per heavy atom. The van der Waals surface area contributed by atoms with Gasteiger partial charge in [0.1, 0.15) is 17.5 Å². The van der Waals surface area contributed by atoms with E-state index in [1.165, 1.54) is 0 Å². The summed E-state index contributed by atoms with van der Waals surface area (Å²) in [6.45, 7) is 3.19. The first kappa shape index (κ1) is 20.5. The fraction of sp³-hybridized carbons (Fsp3) is 0.320. The second-order valence-corrected chi connectivity index (χ2v) is 8.24. The van der Waals surface area contributed by atoms with Gasteiger partial charge in [0.2, 0.25) is 5.95 Å². The molecule has 1 aromatic heterocycles. The first-order valence-electron chi connectivity index (χ1n) is 11.0. The Labute approximate surface area is 187 Å². The number of aromatic nitrogens is 2. The minimum atomic E-state index is -0.632. The molecule has 3 aromatic rings. The molecule has 2 atom stereocenters. The molecule has 1 amide bonds. The topological polar surface area (TPSA) is 76.6 Å². The summed E-state index contributed by atoms with van der Waals surface area (Å²) in [7, 11) is 0. The van der Waals surface area contributed by atoms with Gasteiger partial charge in [-0.25, -0.2) is 14.7 Å². The van der Waals surface area contributed by atoms with Crippen molar-refractivity contribution < 1.29 is 14.3 Å². The van der Waals surface area contributed by atoms with E-state index in [0.717, 1.165) is 11.1 Å². The number of carbonyl (C=O) groups excluding carboxylic acids is 1. The summed E-state index contributed by atoms with van der Waals surface area (Å²) in [6.07, 6.45) is 2.58. The van der Waals surface area contributed by atoms with Crippen LogP contribution in [0.2, 0.25) is 0 Å². The van der Waals surface area contributed by atoms with Crippen molar-refractivity contribution in [3.05, 3.63) is 84.1 Å². The number of hydrogen-bond donors (Lipinski definition) is 1. The summed E-state index contributed by atoms with van der Waals surface area (Å²) in [4.78, 5) is 23.9. The zero-order valence-electron chi connectivity index (χ0n) is 18.0. The van der Waals surface area contributed by atoms with Gasteiger partial charge in [0, 0.05) is 19.0 Å². The van der Waals surface area contributed by atoms with Gasteiger partial charge in [-0.15, -0.1) is 0 Å². The zero-order chi connectivity index (χ0) is 22.0. The van der Waals surface area contributed by atoms with Crippen LogP contribution < -0.4 is 10.2 Å². The van der Waals surface area contributed by atoms with Gasteiger partial charge in [-0.3, -0.25) is 0 Å². The lowest BCUT2D eigenvalue weighted by molar-refractivity contribution is -0.0590. The van der Waals surface area contributed by atoms with E-state index < -0.39 is 5.60 Å². The third kappa shape index (κ3) is 3.80. The lowest BCUT2D eigenvalue weighted by atomic mass is 9.82. The molecule has 0 radical (unpaired) electrons.